The second-order valence-corrected chi connectivity index (χ2v) is 36.1. The van der Waals surface area contributed by atoms with Gasteiger partial charge in [0, 0.05) is 150 Å². The van der Waals surface area contributed by atoms with Crippen LogP contribution in [0.15, 0.2) is 165 Å². The van der Waals surface area contributed by atoms with Crippen molar-refractivity contribution in [2.45, 2.75) is 194 Å². The predicted molar refractivity (Wildman–Crippen MR) is 495 cm³/mol. The van der Waals surface area contributed by atoms with Gasteiger partial charge in [-0.15, -0.1) is 68.0 Å². The third kappa shape index (κ3) is 34.4. The van der Waals surface area contributed by atoms with Crippen molar-refractivity contribution in [3.8, 4) is 0 Å². The zero-order valence-corrected chi connectivity index (χ0v) is 75.1. The SMILES string of the molecule is CC1CN=C(N(C)C)CC(N(C)CCc2cccs2)=N1.CC1CN=C(N)CC(=NCCc2cccs2)N1.CC1CN=C(N)CC(N(C)CCc2cccs2)=N1.CC1N=C(N(C)C)CC(N(C)CCc2cccs2)=NC1C.CC1N=C(N)CC(=NCCc2cccs2)NC1C.CC1N=C(N)CC(N(C)CCc2cccs2)=NC1C. The van der Waals surface area contributed by atoms with Gasteiger partial charge in [-0.25, -0.2) is 0 Å². The first-order valence-electron chi connectivity index (χ1n) is 39.6. The van der Waals surface area contributed by atoms with Crippen LogP contribution in [0.4, 0.5) is 0 Å². The molecule has 0 aromatic carbocycles. The molecule has 9 atom stereocenters. The Morgan fingerprint density at radius 3 is 1.06 bits per heavy atom. The van der Waals surface area contributed by atoms with Crippen LogP contribution < -0.4 is 33.6 Å². The molecule has 12 heterocycles. The van der Waals surface area contributed by atoms with Crippen molar-refractivity contribution in [2.75, 3.05) is 115 Å². The monoisotopic (exact) mass is 1650 g/mol. The first-order chi connectivity index (χ1) is 54.1. The van der Waals surface area contributed by atoms with Gasteiger partial charge >= 0.3 is 0 Å². The number of likely N-dealkylation sites (N-methyl/N-ethyl adjacent to an activating group) is 4. The van der Waals surface area contributed by atoms with Crippen molar-refractivity contribution in [1.82, 2.24) is 40.0 Å². The maximum atomic E-state index is 5.95. The van der Waals surface area contributed by atoms with Gasteiger partial charge in [0.1, 0.15) is 70.0 Å². The van der Waals surface area contributed by atoms with E-state index >= 15 is 0 Å². The van der Waals surface area contributed by atoms with Crippen LogP contribution >= 0.6 is 68.0 Å². The van der Waals surface area contributed by atoms with Gasteiger partial charge in [0.25, 0.3) is 0 Å². The molecule has 12 rings (SSSR count). The number of amidine groups is 12. The van der Waals surface area contributed by atoms with Crippen LogP contribution in [0.3, 0.4) is 0 Å². The van der Waals surface area contributed by atoms with Crippen molar-refractivity contribution in [1.29, 1.82) is 0 Å². The van der Waals surface area contributed by atoms with Crippen LogP contribution in [0.5, 0.6) is 0 Å². The molecule has 24 nitrogen and oxygen atoms in total. The van der Waals surface area contributed by atoms with Gasteiger partial charge in [0.2, 0.25) is 0 Å². The summed E-state index contributed by atoms with van der Waals surface area (Å²) in [6.07, 6.45) is 10.5. The number of rotatable bonds is 18. The van der Waals surface area contributed by atoms with Crippen molar-refractivity contribution >= 4 is 138 Å². The molecule has 0 amide bonds. The van der Waals surface area contributed by atoms with E-state index in [1.54, 1.807) is 45.3 Å². The molecule has 0 aliphatic carbocycles. The number of nitrogens with two attached hydrogens (primary N) is 4. The molecule has 0 saturated heterocycles. The van der Waals surface area contributed by atoms with Gasteiger partial charge in [-0.05, 0) is 157 Å². The molecule has 9 unspecified atom stereocenters. The predicted octanol–water partition coefficient (Wildman–Crippen LogP) is 12.3. The van der Waals surface area contributed by atoms with Crippen LogP contribution in [0.1, 0.15) is 130 Å². The lowest BCUT2D eigenvalue weighted by Gasteiger charge is -2.23. The highest BCUT2D eigenvalue weighted by Crippen LogP contribution is 2.20. The molecule has 10 N–H and O–H groups in total. The van der Waals surface area contributed by atoms with Gasteiger partial charge in [0.15, 0.2) is 0 Å². The van der Waals surface area contributed by atoms with E-state index in [1.807, 2.05) is 22.7 Å². The molecular formula is C83H130N24S6. The fourth-order valence-electron chi connectivity index (χ4n) is 12.0. The average Bonchev–Trinajstić information content (AvgIpc) is 1.76. The molecule has 6 aliphatic heterocycles. The largest absolute Gasteiger partial charge is 0.387 e. The van der Waals surface area contributed by atoms with Crippen molar-refractivity contribution in [3.63, 3.8) is 0 Å². The Hall–Kier alpha value is -8.16. The fraction of sp³-hybridized carbons (Fsp3) is 0.566. The second kappa shape index (κ2) is 48.9. The average molecular weight is 1660 g/mol. The van der Waals surface area contributed by atoms with E-state index < -0.39 is 0 Å². The van der Waals surface area contributed by atoms with E-state index in [0.717, 1.165) is 150 Å². The van der Waals surface area contributed by atoms with Crippen LogP contribution in [-0.2, 0) is 38.5 Å². The number of nitrogens with one attached hydrogen (secondary N) is 2. The van der Waals surface area contributed by atoms with Crippen LogP contribution in [-0.4, -0.2) is 269 Å². The number of thiophene rings is 6. The third-order valence-corrected chi connectivity index (χ3v) is 25.1. The van der Waals surface area contributed by atoms with Crippen molar-refractivity contribution in [2.24, 2.45) is 82.8 Å². The Morgan fingerprint density at radius 1 is 0.336 bits per heavy atom. The summed E-state index contributed by atoms with van der Waals surface area (Å²) in [6.45, 7) is 26.7. The van der Waals surface area contributed by atoms with Gasteiger partial charge in [-0.1, -0.05) is 36.4 Å². The molecule has 0 spiro atoms. The summed E-state index contributed by atoms with van der Waals surface area (Å²) < 4.78 is 0. The molecule has 30 heteroatoms. The molecule has 6 aliphatic rings. The summed E-state index contributed by atoms with van der Waals surface area (Å²) >= 11 is 10.8. The topological polar surface area (TPSA) is 296 Å². The summed E-state index contributed by atoms with van der Waals surface area (Å²) in [5.41, 5.74) is 23.5. The molecule has 6 aromatic rings. The quantitative estimate of drug-likeness (QED) is 0.0468. The summed E-state index contributed by atoms with van der Waals surface area (Å²) in [5.74, 6) is 11.3. The van der Waals surface area contributed by atoms with E-state index in [0.29, 0.717) is 61.6 Å². The van der Waals surface area contributed by atoms with Crippen LogP contribution in [0.25, 0.3) is 0 Å². The number of nitrogens with zero attached hydrogens (tertiary/aromatic N) is 18. The maximum Gasteiger partial charge on any atom is 0.107 e. The summed E-state index contributed by atoms with van der Waals surface area (Å²) in [6, 6.07) is 27.7. The van der Waals surface area contributed by atoms with Gasteiger partial charge < -0.3 is 63.0 Å². The molecule has 0 saturated carbocycles. The Labute approximate surface area is 699 Å². The Balaban J connectivity index is 0.000000188. The van der Waals surface area contributed by atoms with E-state index in [9.17, 15) is 0 Å². The smallest absolute Gasteiger partial charge is 0.107 e. The summed E-state index contributed by atoms with van der Waals surface area (Å²) in [7, 11) is 16.7. The maximum absolute atomic E-state index is 5.95. The molecule has 0 fully saturated rings. The Bertz CT molecular complexity index is 4070. The highest BCUT2D eigenvalue weighted by molar-refractivity contribution is 7.11. The molecule has 0 bridgehead atoms. The Morgan fingerprint density at radius 2 is 0.646 bits per heavy atom. The fourth-order valence-corrected chi connectivity index (χ4v) is 16.2. The lowest BCUT2D eigenvalue weighted by atomic mass is 10.2. The lowest BCUT2D eigenvalue weighted by Crippen LogP contribution is -2.37. The molecule has 113 heavy (non-hydrogen) atoms. The van der Waals surface area contributed by atoms with Gasteiger partial charge in [-0.2, -0.15) is 0 Å². The highest BCUT2D eigenvalue weighted by Gasteiger charge is 2.25. The first kappa shape index (κ1) is 92.0. The molecule has 0 radical (unpaired) electrons. The standard InChI is InChI=1S/C16H26N4S.C15H24N4S.C14H22N4S.2C13H20N4S.C12H18N4S/c1-12-13(2)18-16(11-15(17-12)19(3)4)20(5)9-8-14-7-6-10-21-14;1-12-11-16-14(18(2)3)10-15(17-12)19(4)8-7-13-6-5-9-20-13;1-10-11(2)17-14(9-13(15)16-10)18(3)7-6-12-5-4-8-19-12;1-10-9-15-12(14)8-13(16-10)17(2)6-5-11-4-3-7-18-11;1-9-10(2)17-13(8-12(14)16-9)15-6-5-11-4-3-7-18-11;1-9-8-15-11(13)7-12(16-9)14-5-4-10-3-2-6-17-10/h6-7,10,12-13H,8-9,11H2,1-5H3;5-6,9,12H,7-8,10-11H2,1-4H3;4-5,8,10-11H,6-7,9H2,1-3H3,(H2,15,16);3-4,7,10H,5-6,8-9H2,1-2H3,(H2,14,15);3-4,7,9-10H,5-6,8H2,1-2H3,(H2,14,16)(H,15,17);2-3,6,9H,4-5,7-8H2,1H3,(H2,13,15)(H,14,16). The summed E-state index contributed by atoms with van der Waals surface area (Å²) in [4.78, 5) is 76.8. The second-order valence-electron chi connectivity index (χ2n) is 29.9. The van der Waals surface area contributed by atoms with Gasteiger partial charge in [-0.3, -0.25) is 59.9 Å². The number of aliphatic imine (C=N–C) groups is 12. The normalized spacial score (nSPS) is 22.4. The van der Waals surface area contributed by atoms with E-state index in [-0.39, 0.29) is 48.3 Å². The first-order valence-corrected chi connectivity index (χ1v) is 44.9. The van der Waals surface area contributed by atoms with Gasteiger partial charge in [0.05, 0.1) is 100 Å². The molecule has 618 valence electrons. The number of hydrogen-bond donors (Lipinski definition) is 6. The third-order valence-electron chi connectivity index (χ3n) is 19.5. The minimum Gasteiger partial charge on any atom is -0.387 e. The minimum atomic E-state index is 0.170. The minimum absolute atomic E-state index is 0.170. The summed E-state index contributed by atoms with van der Waals surface area (Å²) in [5, 5.41) is 19.4. The zero-order chi connectivity index (χ0) is 81.8. The highest BCUT2D eigenvalue weighted by atomic mass is 32.1. The van der Waals surface area contributed by atoms with Crippen LogP contribution in [0.2, 0.25) is 0 Å². The zero-order valence-electron chi connectivity index (χ0n) is 70.2. The lowest BCUT2D eigenvalue weighted by molar-refractivity contribution is 0.494. The number of hydrogen-bond acceptors (Lipinski definition) is 28. The Kier molecular flexibility index (Phi) is 39.8. The van der Waals surface area contributed by atoms with Crippen molar-refractivity contribution < 1.29 is 0 Å². The van der Waals surface area contributed by atoms with E-state index in [4.69, 9.17) is 42.9 Å². The van der Waals surface area contributed by atoms with Crippen LogP contribution in [0, 0.1) is 0 Å². The van der Waals surface area contributed by atoms with E-state index in [2.05, 4.69) is 304 Å². The van der Waals surface area contributed by atoms with E-state index in [1.165, 1.54) is 29.3 Å². The van der Waals surface area contributed by atoms with Crippen molar-refractivity contribution in [3.05, 3.63) is 134 Å². The molecule has 6 aromatic heterocycles. The molecular weight excluding hydrogens is 1530 g/mol.